The molecule has 0 fully saturated rings. The summed E-state index contributed by atoms with van der Waals surface area (Å²) in [7, 11) is -1.63. The quantitative estimate of drug-likeness (QED) is 0.437. The minimum absolute atomic E-state index is 0.145. The van der Waals surface area contributed by atoms with Crippen molar-refractivity contribution in [1.29, 1.82) is 0 Å². The molecular formula is C19H17ClF3N3O7S. The molecule has 15 heteroatoms. The number of alkyl halides is 3. The lowest BCUT2D eigenvalue weighted by molar-refractivity contribution is -0.387. The van der Waals surface area contributed by atoms with Crippen LogP contribution in [0.3, 0.4) is 0 Å². The number of halogens is 4. The first-order valence-electron chi connectivity index (χ1n) is 9.07. The Labute approximate surface area is 196 Å². The molecule has 2 amide bonds. The normalized spacial score (nSPS) is 13.6. The van der Waals surface area contributed by atoms with Gasteiger partial charge in [0.15, 0.2) is 4.90 Å². The van der Waals surface area contributed by atoms with Crippen LogP contribution in [0.5, 0.6) is 0 Å². The van der Waals surface area contributed by atoms with Gasteiger partial charge in [-0.1, -0.05) is 11.6 Å². The number of benzene rings is 2. The van der Waals surface area contributed by atoms with E-state index in [4.69, 9.17) is 11.6 Å². The molecule has 2 rings (SSSR count). The number of rotatable bonds is 6. The van der Waals surface area contributed by atoms with Crippen LogP contribution in [0.1, 0.15) is 17.3 Å². The number of hydrogen-bond donors (Lipinski definition) is 2. The smallest absolute Gasteiger partial charge is 0.373 e. The van der Waals surface area contributed by atoms with Crippen molar-refractivity contribution in [2.75, 3.05) is 19.4 Å². The molecule has 2 aromatic rings. The summed E-state index contributed by atoms with van der Waals surface area (Å²) < 4.78 is 64.6. The van der Waals surface area contributed by atoms with E-state index < -0.39 is 64.5 Å². The van der Waals surface area contributed by atoms with E-state index in [2.05, 4.69) is 0 Å². The lowest BCUT2D eigenvalue weighted by Gasteiger charge is -2.25. The fourth-order valence-corrected chi connectivity index (χ4v) is 4.33. The Morgan fingerprint density at radius 1 is 1.12 bits per heavy atom. The highest BCUT2D eigenvalue weighted by Gasteiger charge is 2.56. The second-order valence-electron chi connectivity index (χ2n) is 7.28. The second kappa shape index (κ2) is 9.19. The third kappa shape index (κ3) is 4.98. The molecule has 0 unspecified atom stereocenters. The number of sulfone groups is 1. The maximum Gasteiger partial charge on any atom is 0.426 e. The molecule has 10 nitrogen and oxygen atoms in total. The molecule has 0 aliphatic rings. The summed E-state index contributed by atoms with van der Waals surface area (Å²) in [5.74, 6) is -2.42. The van der Waals surface area contributed by atoms with Gasteiger partial charge < -0.3 is 15.3 Å². The van der Waals surface area contributed by atoms with Crippen molar-refractivity contribution in [2.45, 2.75) is 28.5 Å². The molecule has 1 atom stereocenters. The minimum atomic E-state index is -5.38. The molecule has 0 saturated carbocycles. The number of nitrogens with one attached hydrogen (secondary N) is 1. The summed E-state index contributed by atoms with van der Waals surface area (Å²) in [5, 5.41) is 21.7. The Hall–Kier alpha value is -3.23. The fraction of sp³-hybridized carbons (Fsp3) is 0.263. The van der Waals surface area contributed by atoms with Crippen molar-refractivity contribution in [2.24, 2.45) is 0 Å². The summed E-state index contributed by atoms with van der Waals surface area (Å²) >= 11 is 5.88. The highest BCUT2D eigenvalue weighted by Crippen LogP contribution is 2.40. The van der Waals surface area contributed by atoms with E-state index >= 15 is 0 Å². The highest BCUT2D eigenvalue weighted by atomic mass is 35.5. The number of amides is 2. The zero-order chi connectivity index (χ0) is 26.2. The Morgan fingerprint density at radius 2 is 1.65 bits per heavy atom. The van der Waals surface area contributed by atoms with Gasteiger partial charge in [0, 0.05) is 19.7 Å². The van der Waals surface area contributed by atoms with Crippen LogP contribution >= 0.6 is 11.6 Å². The Bertz CT molecular complexity index is 1260. The Balaban J connectivity index is 2.55. The lowest BCUT2D eigenvalue weighted by Crippen LogP contribution is -2.52. The monoisotopic (exact) mass is 523 g/mol. The van der Waals surface area contributed by atoms with Crippen LogP contribution in [0.25, 0.3) is 0 Å². The van der Waals surface area contributed by atoms with Crippen molar-refractivity contribution in [3.05, 3.63) is 57.1 Å². The molecule has 0 aromatic heterocycles. The third-order valence-electron chi connectivity index (χ3n) is 4.61. The number of aliphatic hydroxyl groups is 1. The molecule has 0 spiro atoms. The van der Waals surface area contributed by atoms with E-state index in [-0.39, 0.29) is 12.5 Å². The summed E-state index contributed by atoms with van der Waals surface area (Å²) in [6, 6.07) is 5.89. The SMILES string of the molecule is CN(C)C(=O)c1ccc(S(=O)(=O)c2ccc(NC(=O)[C@@](C)(O)C(F)(F)F)c(Cl)c2[N+](=O)[O-])cc1. The maximum atomic E-state index is 13.0. The predicted octanol–water partition coefficient (Wildman–Crippen LogP) is 3.03. The minimum Gasteiger partial charge on any atom is -0.373 e. The molecule has 0 heterocycles. The van der Waals surface area contributed by atoms with Gasteiger partial charge >= 0.3 is 11.9 Å². The van der Waals surface area contributed by atoms with Gasteiger partial charge in [-0.25, -0.2) is 8.42 Å². The molecule has 2 aromatic carbocycles. The highest BCUT2D eigenvalue weighted by molar-refractivity contribution is 7.91. The summed E-state index contributed by atoms with van der Waals surface area (Å²) in [6.07, 6.45) is -5.38. The fourth-order valence-electron chi connectivity index (χ4n) is 2.56. The van der Waals surface area contributed by atoms with E-state index in [0.717, 1.165) is 18.2 Å². The number of nitro groups is 1. The van der Waals surface area contributed by atoms with E-state index in [1.54, 1.807) is 5.32 Å². The Morgan fingerprint density at radius 3 is 2.09 bits per heavy atom. The summed E-state index contributed by atoms with van der Waals surface area (Å²) in [6.45, 7) is 0.161. The van der Waals surface area contributed by atoms with Crippen molar-refractivity contribution >= 4 is 44.6 Å². The first kappa shape index (κ1) is 27.0. The molecule has 0 bridgehead atoms. The van der Waals surface area contributed by atoms with Gasteiger partial charge in [-0.2, -0.15) is 13.2 Å². The first-order valence-corrected chi connectivity index (χ1v) is 10.9. The first-order chi connectivity index (χ1) is 15.4. The molecule has 0 saturated heterocycles. The van der Waals surface area contributed by atoms with Gasteiger partial charge in [-0.15, -0.1) is 0 Å². The molecular weight excluding hydrogens is 507 g/mol. The maximum absolute atomic E-state index is 13.0. The van der Waals surface area contributed by atoms with Gasteiger partial charge in [0.25, 0.3) is 11.8 Å². The number of hydrogen-bond acceptors (Lipinski definition) is 7. The third-order valence-corrected chi connectivity index (χ3v) is 6.80. The summed E-state index contributed by atoms with van der Waals surface area (Å²) in [4.78, 5) is 34.2. The topological polar surface area (TPSA) is 147 Å². The van der Waals surface area contributed by atoms with Gasteiger partial charge in [0.05, 0.1) is 15.5 Å². The van der Waals surface area contributed by atoms with Crippen LogP contribution < -0.4 is 5.32 Å². The number of carbonyl (C=O) groups excluding carboxylic acids is 2. The number of nitro benzene ring substituents is 1. The molecule has 0 radical (unpaired) electrons. The predicted molar refractivity (Wildman–Crippen MR) is 113 cm³/mol. The molecule has 184 valence electrons. The van der Waals surface area contributed by atoms with Crippen molar-refractivity contribution in [3.8, 4) is 0 Å². The van der Waals surface area contributed by atoms with Crippen LogP contribution in [0.4, 0.5) is 24.5 Å². The Kier molecular flexibility index (Phi) is 7.31. The zero-order valence-electron chi connectivity index (χ0n) is 17.7. The van der Waals surface area contributed by atoms with E-state index in [9.17, 15) is 46.4 Å². The zero-order valence-corrected chi connectivity index (χ0v) is 19.2. The van der Waals surface area contributed by atoms with Gasteiger partial charge in [0.1, 0.15) is 5.02 Å². The number of nitrogens with zero attached hydrogens (tertiary/aromatic N) is 2. The van der Waals surface area contributed by atoms with Gasteiger partial charge in [0.2, 0.25) is 15.4 Å². The van der Waals surface area contributed by atoms with E-state index in [1.165, 1.54) is 31.1 Å². The van der Waals surface area contributed by atoms with Crippen LogP contribution in [0.15, 0.2) is 46.2 Å². The molecule has 34 heavy (non-hydrogen) atoms. The van der Waals surface area contributed by atoms with Crippen LogP contribution in [0.2, 0.25) is 5.02 Å². The average Bonchev–Trinajstić information content (AvgIpc) is 2.73. The standard InChI is InChI=1S/C19H17ClF3N3O7S/c1-18(29,19(21,22)23)17(28)24-12-8-9-13(15(14(12)20)26(30)31)34(32,33)11-6-4-10(5-7-11)16(27)25(2)3/h4-9,29H,1-3H3,(H,24,28)/t18-/m1/s1. The molecule has 0 aliphatic carbocycles. The largest absolute Gasteiger partial charge is 0.426 e. The van der Waals surface area contributed by atoms with Crippen LogP contribution in [0, 0.1) is 10.1 Å². The second-order valence-corrected chi connectivity index (χ2v) is 9.58. The summed E-state index contributed by atoms with van der Waals surface area (Å²) in [5.41, 5.74) is -5.65. The number of anilines is 1. The average molecular weight is 524 g/mol. The lowest BCUT2D eigenvalue weighted by atomic mass is 10.1. The van der Waals surface area contributed by atoms with Crippen LogP contribution in [-0.2, 0) is 14.6 Å². The molecule has 0 aliphatic heterocycles. The molecule has 2 N–H and O–H groups in total. The van der Waals surface area contributed by atoms with Gasteiger partial charge in [-0.05, 0) is 43.3 Å². The van der Waals surface area contributed by atoms with Crippen molar-refractivity contribution < 1.29 is 41.2 Å². The van der Waals surface area contributed by atoms with Gasteiger partial charge in [-0.3, -0.25) is 19.7 Å². The van der Waals surface area contributed by atoms with E-state index in [0.29, 0.717) is 6.07 Å². The van der Waals surface area contributed by atoms with Crippen molar-refractivity contribution in [3.63, 3.8) is 0 Å². The van der Waals surface area contributed by atoms with Crippen molar-refractivity contribution in [1.82, 2.24) is 4.90 Å². The van der Waals surface area contributed by atoms with Crippen LogP contribution in [-0.4, -0.2) is 61.0 Å². The van der Waals surface area contributed by atoms with E-state index in [1.807, 2.05) is 0 Å². The number of carbonyl (C=O) groups is 2.